The molecule has 0 saturated heterocycles. The molecule has 140 valence electrons. The number of hydrogen-bond acceptors (Lipinski definition) is 5. The first kappa shape index (κ1) is 18.4. The third-order valence-corrected chi connectivity index (χ3v) is 3.85. The maximum Gasteiger partial charge on any atom is 0.439 e. The number of nitrogens with zero attached hydrogens (tertiary/aromatic N) is 3. The van der Waals surface area contributed by atoms with E-state index in [4.69, 9.17) is 9.25 Å². The third-order valence-electron chi connectivity index (χ3n) is 3.85. The van der Waals surface area contributed by atoms with Crippen LogP contribution in [0.25, 0.3) is 5.69 Å². The lowest BCUT2D eigenvalue weighted by molar-refractivity contribution is 0.166. The standard InChI is InChI=1S/C20H22N4O3/c1-14(16-11-8-12-26-16)23-27-19(25)21-18-13-17(20(2,3)4)24(22-18)15-9-6-5-7-10-15/h5-13H,1-4H3,(H,21,22,25)/b23-14-. The van der Waals surface area contributed by atoms with Gasteiger partial charge in [0.2, 0.25) is 0 Å². The highest BCUT2D eigenvalue weighted by atomic mass is 16.7. The molecular formula is C20H22N4O3. The topological polar surface area (TPSA) is 81.6 Å². The van der Waals surface area contributed by atoms with Gasteiger partial charge in [-0.1, -0.05) is 44.1 Å². The van der Waals surface area contributed by atoms with Gasteiger partial charge in [0.25, 0.3) is 0 Å². The van der Waals surface area contributed by atoms with E-state index in [1.807, 2.05) is 41.1 Å². The molecule has 0 aliphatic rings. The summed E-state index contributed by atoms with van der Waals surface area (Å²) in [6.07, 6.45) is 0.803. The molecule has 0 aliphatic heterocycles. The van der Waals surface area contributed by atoms with Gasteiger partial charge in [0.1, 0.15) is 5.71 Å². The Kier molecular flexibility index (Phi) is 5.12. The average Bonchev–Trinajstić information content (AvgIpc) is 3.30. The van der Waals surface area contributed by atoms with Crippen molar-refractivity contribution in [3.63, 3.8) is 0 Å². The first-order valence-electron chi connectivity index (χ1n) is 8.57. The Labute approximate surface area is 157 Å². The second-order valence-corrected chi connectivity index (χ2v) is 7.07. The van der Waals surface area contributed by atoms with Gasteiger partial charge in [-0.25, -0.2) is 9.48 Å². The molecule has 0 atom stereocenters. The van der Waals surface area contributed by atoms with Crippen LogP contribution >= 0.6 is 0 Å². The van der Waals surface area contributed by atoms with Crippen molar-refractivity contribution in [3.05, 3.63) is 66.2 Å². The first-order valence-corrected chi connectivity index (χ1v) is 8.57. The van der Waals surface area contributed by atoms with Crippen molar-refractivity contribution in [2.45, 2.75) is 33.1 Å². The normalized spacial score (nSPS) is 12.1. The summed E-state index contributed by atoms with van der Waals surface area (Å²) in [5.74, 6) is 0.922. The molecule has 2 aromatic heterocycles. The number of oxime groups is 1. The van der Waals surface area contributed by atoms with Crippen LogP contribution in [0.3, 0.4) is 0 Å². The Morgan fingerprint density at radius 1 is 1.19 bits per heavy atom. The van der Waals surface area contributed by atoms with Crippen molar-refractivity contribution in [2.24, 2.45) is 5.16 Å². The van der Waals surface area contributed by atoms with Gasteiger partial charge >= 0.3 is 6.09 Å². The SMILES string of the molecule is C/C(=N/OC(=O)Nc1cc(C(C)(C)C)n(-c2ccccc2)n1)c1ccco1. The van der Waals surface area contributed by atoms with Crippen LogP contribution in [0.5, 0.6) is 0 Å². The molecule has 0 unspecified atom stereocenters. The monoisotopic (exact) mass is 366 g/mol. The second-order valence-electron chi connectivity index (χ2n) is 7.07. The van der Waals surface area contributed by atoms with Gasteiger partial charge in [-0.15, -0.1) is 5.10 Å². The lowest BCUT2D eigenvalue weighted by atomic mass is 9.92. The van der Waals surface area contributed by atoms with E-state index in [9.17, 15) is 4.79 Å². The Morgan fingerprint density at radius 2 is 1.93 bits per heavy atom. The van der Waals surface area contributed by atoms with Gasteiger partial charge in [-0.2, -0.15) is 0 Å². The largest absolute Gasteiger partial charge is 0.463 e. The Hall–Kier alpha value is -3.35. The highest BCUT2D eigenvalue weighted by molar-refractivity contribution is 5.96. The lowest BCUT2D eigenvalue weighted by Gasteiger charge is -2.19. The molecule has 0 aliphatic carbocycles. The van der Waals surface area contributed by atoms with E-state index >= 15 is 0 Å². The number of amides is 1. The summed E-state index contributed by atoms with van der Waals surface area (Å²) in [6, 6.07) is 15.0. The molecule has 3 aromatic rings. The molecule has 27 heavy (non-hydrogen) atoms. The number of nitrogens with one attached hydrogen (secondary N) is 1. The average molecular weight is 366 g/mol. The molecule has 1 N–H and O–H groups in total. The van der Waals surface area contributed by atoms with Crippen LogP contribution in [0.2, 0.25) is 0 Å². The Morgan fingerprint density at radius 3 is 2.56 bits per heavy atom. The number of hydrogen-bond donors (Lipinski definition) is 1. The van der Waals surface area contributed by atoms with Crippen LogP contribution in [0.15, 0.2) is 64.4 Å². The molecule has 0 fully saturated rings. The summed E-state index contributed by atoms with van der Waals surface area (Å²) in [6.45, 7) is 7.95. The van der Waals surface area contributed by atoms with Gasteiger partial charge in [0.15, 0.2) is 11.6 Å². The van der Waals surface area contributed by atoms with E-state index in [-0.39, 0.29) is 5.41 Å². The zero-order valence-electron chi connectivity index (χ0n) is 15.8. The Balaban J connectivity index is 1.78. The highest BCUT2D eigenvalue weighted by Crippen LogP contribution is 2.27. The lowest BCUT2D eigenvalue weighted by Crippen LogP contribution is -2.17. The second kappa shape index (κ2) is 7.49. The fourth-order valence-corrected chi connectivity index (χ4v) is 2.51. The Bertz CT molecular complexity index is 936. The minimum absolute atomic E-state index is 0.166. The predicted octanol–water partition coefficient (Wildman–Crippen LogP) is 4.74. The van der Waals surface area contributed by atoms with Gasteiger partial charge < -0.3 is 4.42 Å². The van der Waals surface area contributed by atoms with E-state index in [0.717, 1.165) is 11.4 Å². The summed E-state index contributed by atoms with van der Waals surface area (Å²) in [7, 11) is 0. The van der Waals surface area contributed by atoms with Crippen LogP contribution < -0.4 is 5.32 Å². The van der Waals surface area contributed by atoms with Crippen molar-refractivity contribution in [1.29, 1.82) is 0 Å². The molecule has 7 nitrogen and oxygen atoms in total. The summed E-state index contributed by atoms with van der Waals surface area (Å²) < 4.78 is 7.01. The summed E-state index contributed by atoms with van der Waals surface area (Å²) in [5, 5.41) is 10.9. The van der Waals surface area contributed by atoms with Crippen LogP contribution in [0, 0.1) is 0 Å². The van der Waals surface area contributed by atoms with Gasteiger partial charge in [-0.3, -0.25) is 10.2 Å². The number of carbonyl (C=O) groups is 1. The number of furan rings is 1. The zero-order chi connectivity index (χ0) is 19.4. The molecule has 1 aromatic carbocycles. The van der Waals surface area contributed by atoms with Crippen LogP contribution in [-0.4, -0.2) is 21.6 Å². The van der Waals surface area contributed by atoms with Crippen molar-refractivity contribution in [1.82, 2.24) is 9.78 Å². The summed E-state index contributed by atoms with van der Waals surface area (Å²) in [5.41, 5.74) is 2.16. The molecule has 1 amide bonds. The minimum Gasteiger partial charge on any atom is -0.463 e. The van der Waals surface area contributed by atoms with E-state index in [2.05, 4.69) is 36.3 Å². The maximum absolute atomic E-state index is 12.1. The molecule has 3 rings (SSSR count). The quantitative estimate of drug-likeness (QED) is 0.411. The van der Waals surface area contributed by atoms with Crippen molar-refractivity contribution in [2.75, 3.05) is 5.32 Å². The van der Waals surface area contributed by atoms with Gasteiger partial charge in [-0.05, 0) is 31.2 Å². The minimum atomic E-state index is -0.723. The number of carbonyl (C=O) groups excluding carboxylic acids is 1. The molecule has 2 heterocycles. The number of benzene rings is 1. The maximum atomic E-state index is 12.1. The van der Waals surface area contributed by atoms with E-state index in [1.54, 1.807) is 19.1 Å². The molecule has 0 bridgehead atoms. The van der Waals surface area contributed by atoms with Crippen molar-refractivity contribution in [3.8, 4) is 5.69 Å². The molecule has 0 saturated carbocycles. The van der Waals surface area contributed by atoms with Crippen LogP contribution in [0.1, 0.15) is 39.1 Å². The highest BCUT2D eigenvalue weighted by Gasteiger charge is 2.22. The summed E-state index contributed by atoms with van der Waals surface area (Å²) in [4.78, 5) is 17.0. The zero-order valence-corrected chi connectivity index (χ0v) is 15.8. The first-order chi connectivity index (χ1) is 12.8. The van der Waals surface area contributed by atoms with E-state index in [1.165, 1.54) is 6.26 Å². The molecule has 7 heteroatoms. The fourth-order valence-electron chi connectivity index (χ4n) is 2.51. The van der Waals surface area contributed by atoms with Crippen LogP contribution in [-0.2, 0) is 10.3 Å². The van der Waals surface area contributed by atoms with E-state index in [0.29, 0.717) is 17.3 Å². The third kappa shape index (κ3) is 4.44. The number of para-hydroxylation sites is 1. The summed E-state index contributed by atoms with van der Waals surface area (Å²) >= 11 is 0. The van der Waals surface area contributed by atoms with Gasteiger partial charge in [0, 0.05) is 11.5 Å². The number of rotatable bonds is 4. The van der Waals surface area contributed by atoms with Crippen molar-refractivity contribution >= 4 is 17.6 Å². The van der Waals surface area contributed by atoms with Gasteiger partial charge in [0.05, 0.1) is 17.6 Å². The molecule has 0 radical (unpaired) electrons. The van der Waals surface area contributed by atoms with E-state index < -0.39 is 6.09 Å². The predicted molar refractivity (Wildman–Crippen MR) is 103 cm³/mol. The van der Waals surface area contributed by atoms with Crippen molar-refractivity contribution < 1.29 is 14.0 Å². The number of aromatic nitrogens is 2. The molecular weight excluding hydrogens is 344 g/mol. The fraction of sp³-hybridized carbons (Fsp3) is 0.250. The molecule has 0 spiro atoms. The number of anilines is 1. The van der Waals surface area contributed by atoms with Crippen LogP contribution in [0.4, 0.5) is 10.6 Å². The smallest absolute Gasteiger partial charge is 0.439 e.